The standard InChI is InChI=1S/C8H5BrClFO2/c9-5-1-6(11)3-7(2-5)13-4-8(10)12/h1-3H,4H2. The average Bonchev–Trinajstić information content (AvgIpc) is 1.99. The summed E-state index contributed by atoms with van der Waals surface area (Å²) in [6.45, 7) is -0.266. The lowest BCUT2D eigenvalue weighted by Crippen LogP contribution is -2.04. The van der Waals surface area contributed by atoms with Gasteiger partial charge in [0, 0.05) is 10.5 Å². The van der Waals surface area contributed by atoms with Gasteiger partial charge in [-0.1, -0.05) is 15.9 Å². The van der Waals surface area contributed by atoms with E-state index in [1.165, 1.54) is 12.1 Å². The molecule has 1 rings (SSSR count). The zero-order valence-electron chi connectivity index (χ0n) is 6.39. The van der Waals surface area contributed by atoms with E-state index in [1.54, 1.807) is 6.07 Å². The zero-order chi connectivity index (χ0) is 9.84. The fourth-order valence-corrected chi connectivity index (χ4v) is 1.25. The molecule has 5 heteroatoms. The monoisotopic (exact) mass is 266 g/mol. The summed E-state index contributed by atoms with van der Waals surface area (Å²) >= 11 is 8.12. The summed E-state index contributed by atoms with van der Waals surface area (Å²) in [5.74, 6) is -0.174. The van der Waals surface area contributed by atoms with Crippen LogP contribution in [0, 0.1) is 5.82 Å². The molecule has 0 aliphatic carbocycles. The molecule has 0 atom stereocenters. The van der Waals surface area contributed by atoms with Crippen molar-refractivity contribution in [1.82, 2.24) is 0 Å². The molecule has 1 aromatic carbocycles. The summed E-state index contributed by atoms with van der Waals surface area (Å²) in [7, 11) is 0. The van der Waals surface area contributed by atoms with Crippen molar-refractivity contribution in [3.05, 3.63) is 28.5 Å². The van der Waals surface area contributed by atoms with E-state index in [4.69, 9.17) is 16.3 Å². The van der Waals surface area contributed by atoms with Crippen molar-refractivity contribution in [1.29, 1.82) is 0 Å². The second-order valence-electron chi connectivity index (χ2n) is 2.25. The molecule has 1 aromatic rings. The first-order valence-electron chi connectivity index (χ1n) is 3.35. The van der Waals surface area contributed by atoms with Crippen LogP contribution in [0.15, 0.2) is 22.7 Å². The van der Waals surface area contributed by atoms with Gasteiger partial charge in [-0.3, -0.25) is 4.79 Å². The lowest BCUT2D eigenvalue weighted by molar-refractivity contribution is -0.113. The molecule has 0 bridgehead atoms. The zero-order valence-corrected chi connectivity index (χ0v) is 8.73. The van der Waals surface area contributed by atoms with E-state index < -0.39 is 11.1 Å². The fourth-order valence-electron chi connectivity index (χ4n) is 0.752. The summed E-state index contributed by atoms with van der Waals surface area (Å²) in [4.78, 5) is 10.3. The fraction of sp³-hybridized carbons (Fsp3) is 0.125. The highest BCUT2D eigenvalue weighted by molar-refractivity contribution is 9.10. The first-order valence-corrected chi connectivity index (χ1v) is 4.52. The van der Waals surface area contributed by atoms with Gasteiger partial charge in [-0.05, 0) is 23.7 Å². The molecule has 0 aromatic heterocycles. The third-order valence-electron chi connectivity index (χ3n) is 1.19. The van der Waals surface area contributed by atoms with Crippen LogP contribution >= 0.6 is 27.5 Å². The largest absolute Gasteiger partial charge is 0.484 e. The Balaban J connectivity index is 2.71. The number of rotatable bonds is 3. The number of hydrogen-bond acceptors (Lipinski definition) is 2. The molecule has 0 aliphatic rings. The maximum atomic E-state index is 12.7. The van der Waals surface area contributed by atoms with Gasteiger partial charge in [0.05, 0.1) is 0 Å². The second-order valence-corrected chi connectivity index (χ2v) is 3.59. The van der Waals surface area contributed by atoms with Crippen molar-refractivity contribution in [3.63, 3.8) is 0 Å². The molecule has 0 fully saturated rings. The summed E-state index contributed by atoms with van der Waals surface area (Å²) in [5, 5.41) is -0.625. The Morgan fingerprint density at radius 1 is 1.54 bits per heavy atom. The Labute approximate surface area is 87.8 Å². The molecule has 0 saturated carbocycles. The normalized spacial score (nSPS) is 9.77. The van der Waals surface area contributed by atoms with Crippen LogP contribution in [0.3, 0.4) is 0 Å². The van der Waals surface area contributed by atoms with Crippen molar-refractivity contribution in [3.8, 4) is 5.75 Å². The van der Waals surface area contributed by atoms with Crippen LogP contribution in [0.4, 0.5) is 4.39 Å². The van der Waals surface area contributed by atoms with E-state index in [0.29, 0.717) is 4.47 Å². The highest BCUT2D eigenvalue weighted by Crippen LogP contribution is 2.20. The summed E-state index contributed by atoms with van der Waals surface area (Å²) in [6, 6.07) is 4.00. The Bertz CT molecular complexity index is 310. The predicted molar refractivity (Wildman–Crippen MR) is 50.5 cm³/mol. The lowest BCUT2D eigenvalue weighted by atomic mass is 10.3. The number of hydrogen-bond donors (Lipinski definition) is 0. The third kappa shape index (κ3) is 3.74. The maximum Gasteiger partial charge on any atom is 0.259 e. The molecule has 0 unspecified atom stereocenters. The first kappa shape index (κ1) is 10.5. The molecule has 0 heterocycles. The number of carbonyl (C=O) groups excluding carboxylic acids is 1. The van der Waals surface area contributed by atoms with Crippen molar-refractivity contribution >= 4 is 32.8 Å². The minimum absolute atomic E-state index is 0.265. The Morgan fingerprint density at radius 3 is 2.77 bits per heavy atom. The molecule has 0 radical (unpaired) electrons. The van der Waals surface area contributed by atoms with E-state index >= 15 is 0 Å². The molecule has 0 N–H and O–H groups in total. The van der Waals surface area contributed by atoms with E-state index in [2.05, 4.69) is 15.9 Å². The van der Waals surface area contributed by atoms with Crippen LogP contribution in [-0.4, -0.2) is 11.8 Å². The molecular formula is C8H5BrClFO2. The molecule has 0 saturated heterocycles. The van der Waals surface area contributed by atoms with Crippen LogP contribution in [-0.2, 0) is 4.79 Å². The van der Waals surface area contributed by atoms with Gasteiger partial charge in [0.25, 0.3) is 5.24 Å². The van der Waals surface area contributed by atoms with Crippen molar-refractivity contribution < 1.29 is 13.9 Å². The Morgan fingerprint density at radius 2 is 2.23 bits per heavy atom. The van der Waals surface area contributed by atoms with Gasteiger partial charge in [0.1, 0.15) is 11.6 Å². The molecule has 0 spiro atoms. The van der Waals surface area contributed by atoms with Gasteiger partial charge in [-0.15, -0.1) is 0 Å². The SMILES string of the molecule is O=C(Cl)COc1cc(F)cc(Br)c1. The van der Waals surface area contributed by atoms with Gasteiger partial charge in [0.2, 0.25) is 0 Å². The maximum absolute atomic E-state index is 12.7. The molecule has 2 nitrogen and oxygen atoms in total. The van der Waals surface area contributed by atoms with Crippen molar-refractivity contribution in [2.24, 2.45) is 0 Å². The number of halogens is 3. The average molecular weight is 267 g/mol. The second kappa shape index (κ2) is 4.58. The van der Waals surface area contributed by atoms with E-state index in [9.17, 15) is 9.18 Å². The minimum atomic E-state index is -0.625. The van der Waals surface area contributed by atoms with Crippen LogP contribution in [0.25, 0.3) is 0 Å². The molecule has 13 heavy (non-hydrogen) atoms. The topological polar surface area (TPSA) is 26.3 Å². The van der Waals surface area contributed by atoms with Gasteiger partial charge in [-0.25, -0.2) is 4.39 Å². The molecular weight excluding hydrogens is 262 g/mol. The Kier molecular flexibility index (Phi) is 3.69. The third-order valence-corrected chi connectivity index (χ3v) is 1.76. The van der Waals surface area contributed by atoms with Crippen LogP contribution in [0.2, 0.25) is 0 Å². The Hall–Kier alpha value is -0.610. The van der Waals surface area contributed by atoms with Crippen LogP contribution in [0.5, 0.6) is 5.75 Å². The molecule has 0 amide bonds. The van der Waals surface area contributed by atoms with E-state index in [0.717, 1.165) is 0 Å². The number of carbonyl (C=O) groups is 1. The van der Waals surface area contributed by atoms with Gasteiger partial charge in [0.15, 0.2) is 6.61 Å². The highest BCUT2D eigenvalue weighted by Gasteiger charge is 2.01. The minimum Gasteiger partial charge on any atom is -0.484 e. The summed E-state index contributed by atoms with van der Waals surface area (Å²) < 4.78 is 18.1. The number of benzene rings is 1. The number of ether oxygens (including phenoxy) is 1. The quantitative estimate of drug-likeness (QED) is 0.787. The first-order chi connectivity index (χ1) is 6.08. The predicted octanol–water partition coefficient (Wildman–Crippen LogP) is 2.73. The van der Waals surface area contributed by atoms with E-state index in [-0.39, 0.29) is 12.4 Å². The van der Waals surface area contributed by atoms with Crippen molar-refractivity contribution in [2.45, 2.75) is 0 Å². The summed E-state index contributed by atoms with van der Waals surface area (Å²) in [5.41, 5.74) is 0. The van der Waals surface area contributed by atoms with Crippen LogP contribution in [0.1, 0.15) is 0 Å². The molecule has 0 aliphatic heterocycles. The van der Waals surface area contributed by atoms with Crippen LogP contribution < -0.4 is 4.74 Å². The molecule has 70 valence electrons. The smallest absolute Gasteiger partial charge is 0.259 e. The lowest BCUT2D eigenvalue weighted by Gasteiger charge is -2.03. The van der Waals surface area contributed by atoms with Gasteiger partial charge < -0.3 is 4.74 Å². The summed E-state index contributed by atoms with van der Waals surface area (Å²) in [6.07, 6.45) is 0. The van der Waals surface area contributed by atoms with Gasteiger partial charge >= 0.3 is 0 Å². The van der Waals surface area contributed by atoms with E-state index in [1.807, 2.05) is 0 Å². The highest BCUT2D eigenvalue weighted by atomic mass is 79.9. The van der Waals surface area contributed by atoms with Crippen molar-refractivity contribution in [2.75, 3.05) is 6.61 Å². The van der Waals surface area contributed by atoms with Gasteiger partial charge in [-0.2, -0.15) is 0 Å².